The maximum absolute atomic E-state index is 5.30. The normalized spacial score (nSPS) is 11.2. The molecule has 0 aromatic carbocycles. The van der Waals surface area contributed by atoms with Crippen LogP contribution >= 0.6 is 12.2 Å². The Hall–Kier alpha value is -1.23. The maximum Gasteiger partial charge on any atom is 0.180 e. The van der Waals surface area contributed by atoms with Crippen LogP contribution in [0, 0.1) is 4.77 Å². The second-order valence-electron chi connectivity index (χ2n) is 4.58. The molecule has 98 valence electrons. The number of aromatic nitrogens is 4. The number of H-pyrrole nitrogens is 1. The lowest BCUT2D eigenvalue weighted by molar-refractivity contribution is 0.560. The number of hydrogen-bond acceptors (Lipinski definition) is 3. The van der Waals surface area contributed by atoms with Gasteiger partial charge in [-0.2, -0.15) is 0 Å². The second-order valence-corrected chi connectivity index (χ2v) is 4.96. The van der Waals surface area contributed by atoms with Gasteiger partial charge in [-0.15, -0.1) is 0 Å². The first-order valence-corrected chi connectivity index (χ1v) is 7.13. The molecule has 0 aliphatic rings. The molecule has 0 fully saturated rings. The van der Waals surface area contributed by atoms with E-state index in [2.05, 4.69) is 26.4 Å². The smallest absolute Gasteiger partial charge is 0.180 e. The van der Waals surface area contributed by atoms with Gasteiger partial charge in [0.2, 0.25) is 0 Å². The van der Waals surface area contributed by atoms with Gasteiger partial charge in [0.05, 0.1) is 0 Å². The molecule has 0 saturated carbocycles. The molecular formula is C13H20N4S. The first-order chi connectivity index (χ1) is 8.83. The number of imidazole rings is 1. The highest BCUT2D eigenvalue weighted by atomic mass is 32.1. The van der Waals surface area contributed by atoms with Crippen molar-refractivity contribution in [3.8, 4) is 0 Å². The Morgan fingerprint density at radius 3 is 2.67 bits per heavy atom. The maximum atomic E-state index is 5.30. The van der Waals surface area contributed by atoms with E-state index in [0.29, 0.717) is 0 Å². The molecule has 0 amide bonds. The van der Waals surface area contributed by atoms with Crippen LogP contribution in [-0.2, 0) is 6.54 Å². The van der Waals surface area contributed by atoms with Crippen molar-refractivity contribution in [2.75, 3.05) is 0 Å². The number of aryl methyl sites for hydroxylation is 1. The minimum Gasteiger partial charge on any atom is -0.314 e. The minimum atomic E-state index is 0.727. The lowest BCUT2D eigenvalue weighted by Gasteiger charge is -2.03. The van der Waals surface area contributed by atoms with Gasteiger partial charge >= 0.3 is 0 Å². The van der Waals surface area contributed by atoms with Crippen LogP contribution in [0.1, 0.15) is 45.4 Å². The van der Waals surface area contributed by atoms with Gasteiger partial charge in [-0.3, -0.25) is 0 Å². The number of nitrogens with zero attached hydrogens (tertiary/aromatic N) is 3. The highest BCUT2D eigenvalue weighted by Gasteiger charge is 2.05. The van der Waals surface area contributed by atoms with Gasteiger partial charge in [0, 0.05) is 18.9 Å². The molecule has 2 aromatic heterocycles. The predicted octanol–water partition coefficient (Wildman–Crippen LogP) is 3.85. The number of hydrogen-bond donors (Lipinski definition) is 1. The topological polar surface area (TPSA) is 46.5 Å². The van der Waals surface area contributed by atoms with E-state index < -0.39 is 0 Å². The van der Waals surface area contributed by atoms with Gasteiger partial charge < -0.3 is 9.55 Å². The van der Waals surface area contributed by atoms with Crippen LogP contribution in [0.2, 0.25) is 0 Å². The molecule has 0 atom stereocenters. The summed E-state index contributed by atoms with van der Waals surface area (Å²) < 4.78 is 2.78. The average molecular weight is 264 g/mol. The lowest BCUT2D eigenvalue weighted by atomic mass is 10.1. The van der Waals surface area contributed by atoms with E-state index in [1.807, 2.05) is 0 Å². The van der Waals surface area contributed by atoms with Crippen molar-refractivity contribution in [2.45, 2.75) is 52.0 Å². The highest BCUT2D eigenvalue weighted by molar-refractivity contribution is 7.71. The number of unbranched alkanes of at least 4 members (excludes halogenated alkanes) is 5. The number of nitrogens with one attached hydrogen (secondary N) is 1. The van der Waals surface area contributed by atoms with E-state index in [0.717, 1.165) is 29.0 Å². The van der Waals surface area contributed by atoms with Crippen LogP contribution in [0.3, 0.4) is 0 Å². The van der Waals surface area contributed by atoms with Crippen LogP contribution in [0.5, 0.6) is 0 Å². The Balaban J connectivity index is 1.91. The third-order valence-electron chi connectivity index (χ3n) is 3.14. The lowest BCUT2D eigenvalue weighted by Crippen LogP contribution is -1.99. The first kappa shape index (κ1) is 13.2. The fraction of sp³-hybridized carbons (Fsp3) is 0.615. The van der Waals surface area contributed by atoms with Gasteiger partial charge in [0.15, 0.2) is 16.1 Å². The second kappa shape index (κ2) is 6.64. The van der Waals surface area contributed by atoms with Gasteiger partial charge in [-0.05, 0) is 18.6 Å². The van der Waals surface area contributed by atoms with E-state index in [4.69, 9.17) is 12.2 Å². The summed E-state index contributed by atoms with van der Waals surface area (Å²) in [6.07, 6.45) is 11.1. The molecule has 0 bridgehead atoms. The van der Waals surface area contributed by atoms with Crippen LogP contribution in [0.25, 0.3) is 11.3 Å². The third-order valence-corrected chi connectivity index (χ3v) is 3.46. The van der Waals surface area contributed by atoms with Gasteiger partial charge in [0.1, 0.15) is 0 Å². The Morgan fingerprint density at radius 1 is 1.11 bits per heavy atom. The van der Waals surface area contributed by atoms with Crippen molar-refractivity contribution in [1.82, 2.24) is 19.5 Å². The predicted molar refractivity (Wildman–Crippen MR) is 76.1 cm³/mol. The molecule has 2 rings (SSSR count). The van der Waals surface area contributed by atoms with Crippen LogP contribution < -0.4 is 0 Å². The van der Waals surface area contributed by atoms with Gasteiger partial charge in [0.25, 0.3) is 0 Å². The van der Waals surface area contributed by atoms with E-state index in [-0.39, 0.29) is 0 Å². The van der Waals surface area contributed by atoms with Crippen LogP contribution in [-0.4, -0.2) is 19.5 Å². The Bertz CT molecular complexity index is 543. The van der Waals surface area contributed by atoms with Gasteiger partial charge in [-0.25, -0.2) is 9.97 Å². The van der Waals surface area contributed by atoms with E-state index >= 15 is 0 Å². The van der Waals surface area contributed by atoms with E-state index in [9.17, 15) is 0 Å². The number of aromatic amines is 1. The quantitative estimate of drug-likeness (QED) is 0.610. The van der Waals surface area contributed by atoms with Gasteiger partial charge in [-0.1, -0.05) is 39.0 Å². The van der Waals surface area contributed by atoms with Crippen molar-refractivity contribution in [3.05, 3.63) is 17.2 Å². The Kier molecular flexibility index (Phi) is 4.87. The zero-order valence-electron chi connectivity index (χ0n) is 10.9. The summed E-state index contributed by atoms with van der Waals surface area (Å²) in [5, 5.41) is 0. The SMILES string of the molecule is CCCCCCCCn1c(=S)[nH]c2nccnc21. The van der Waals surface area contributed by atoms with E-state index in [1.54, 1.807) is 12.4 Å². The zero-order chi connectivity index (χ0) is 12.8. The number of rotatable bonds is 7. The van der Waals surface area contributed by atoms with Crippen molar-refractivity contribution in [1.29, 1.82) is 0 Å². The molecule has 0 spiro atoms. The fourth-order valence-electron chi connectivity index (χ4n) is 2.14. The summed E-state index contributed by atoms with van der Waals surface area (Å²) in [4.78, 5) is 11.7. The molecule has 5 heteroatoms. The molecule has 18 heavy (non-hydrogen) atoms. The molecule has 0 unspecified atom stereocenters. The third kappa shape index (κ3) is 3.16. The molecular weight excluding hydrogens is 244 g/mol. The van der Waals surface area contributed by atoms with Crippen LogP contribution in [0.15, 0.2) is 12.4 Å². The molecule has 2 heterocycles. The highest BCUT2D eigenvalue weighted by Crippen LogP contribution is 2.11. The summed E-state index contributed by atoms with van der Waals surface area (Å²) in [6, 6.07) is 0. The van der Waals surface area contributed by atoms with Crippen molar-refractivity contribution >= 4 is 23.5 Å². The molecule has 4 nitrogen and oxygen atoms in total. The molecule has 1 N–H and O–H groups in total. The van der Waals surface area contributed by atoms with Crippen molar-refractivity contribution < 1.29 is 0 Å². The summed E-state index contributed by atoms with van der Waals surface area (Å²) in [5.41, 5.74) is 1.66. The zero-order valence-corrected chi connectivity index (χ0v) is 11.7. The summed E-state index contributed by atoms with van der Waals surface area (Å²) >= 11 is 5.30. The largest absolute Gasteiger partial charge is 0.314 e. The van der Waals surface area contributed by atoms with Crippen LogP contribution in [0.4, 0.5) is 0 Å². The Labute approximate surface area is 112 Å². The molecule has 0 aliphatic heterocycles. The molecule has 0 saturated heterocycles. The number of fused-ring (bicyclic) bond motifs is 1. The summed E-state index contributed by atoms with van der Waals surface area (Å²) in [6.45, 7) is 3.17. The minimum absolute atomic E-state index is 0.727. The Morgan fingerprint density at radius 2 is 1.83 bits per heavy atom. The monoisotopic (exact) mass is 264 g/mol. The molecule has 0 radical (unpaired) electrons. The standard InChI is InChI=1S/C13H20N4S/c1-2-3-4-5-6-7-10-17-12-11(16-13(17)18)14-8-9-15-12/h8-9H,2-7,10H2,1H3,(H,14,16,18). The fourth-order valence-corrected chi connectivity index (χ4v) is 2.41. The summed E-state index contributed by atoms with van der Waals surface area (Å²) in [7, 11) is 0. The first-order valence-electron chi connectivity index (χ1n) is 6.72. The average Bonchev–Trinajstić information content (AvgIpc) is 2.70. The van der Waals surface area contributed by atoms with Crippen molar-refractivity contribution in [3.63, 3.8) is 0 Å². The molecule has 2 aromatic rings. The van der Waals surface area contributed by atoms with Crippen molar-refractivity contribution in [2.24, 2.45) is 0 Å². The summed E-state index contributed by atoms with van der Waals surface area (Å²) in [5.74, 6) is 0. The van der Waals surface area contributed by atoms with E-state index in [1.165, 1.54) is 32.1 Å². The molecule has 0 aliphatic carbocycles.